The van der Waals surface area contributed by atoms with Gasteiger partial charge >= 0.3 is 6.18 Å². The first-order chi connectivity index (χ1) is 7.38. The molecule has 0 aromatic carbocycles. The molecule has 0 aliphatic rings. The van der Waals surface area contributed by atoms with Crippen LogP contribution < -0.4 is 5.32 Å². The van der Waals surface area contributed by atoms with Crippen molar-refractivity contribution in [3.8, 4) is 0 Å². The lowest BCUT2D eigenvalue weighted by Gasteiger charge is -2.09. The standard InChI is InChI=1S/C9H9Br2F3N2/c10-6-4-7(11)8(16-5-6)15-3-1-2-9(12,13)14/h4-5H,1-3H2,(H,15,16). The minimum atomic E-state index is -4.09. The highest BCUT2D eigenvalue weighted by molar-refractivity contribution is 9.11. The Bertz CT molecular complexity index is 355. The van der Waals surface area contributed by atoms with Crippen molar-refractivity contribution in [3.63, 3.8) is 0 Å². The fraction of sp³-hybridized carbons (Fsp3) is 0.444. The quantitative estimate of drug-likeness (QED) is 0.806. The van der Waals surface area contributed by atoms with Crippen molar-refractivity contribution in [1.29, 1.82) is 0 Å². The third-order valence-electron chi connectivity index (χ3n) is 1.74. The Morgan fingerprint density at radius 2 is 2.00 bits per heavy atom. The largest absolute Gasteiger partial charge is 0.389 e. The van der Waals surface area contributed by atoms with Crippen LogP contribution in [0.1, 0.15) is 12.8 Å². The number of pyridine rings is 1. The number of hydrogen-bond donors (Lipinski definition) is 1. The van der Waals surface area contributed by atoms with Crippen molar-refractivity contribution in [2.45, 2.75) is 19.0 Å². The maximum Gasteiger partial charge on any atom is 0.389 e. The second kappa shape index (κ2) is 5.86. The second-order valence-corrected chi connectivity index (χ2v) is 4.90. The molecule has 0 unspecified atom stereocenters. The van der Waals surface area contributed by atoms with Gasteiger partial charge in [0, 0.05) is 23.6 Å². The van der Waals surface area contributed by atoms with E-state index in [1.807, 2.05) is 0 Å². The smallest absolute Gasteiger partial charge is 0.369 e. The molecule has 0 fully saturated rings. The number of alkyl halides is 3. The van der Waals surface area contributed by atoms with Gasteiger partial charge in [-0.3, -0.25) is 0 Å². The number of aromatic nitrogens is 1. The molecule has 0 bridgehead atoms. The topological polar surface area (TPSA) is 24.9 Å². The predicted molar refractivity (Wildman–Crippen MR) is 63.4 cm³/mol. The lowest BCUT2D eigenvalue weighted by molar-refractivity contribution is -0.134. The summed E-state index contributed by atoms with van der Waals surface area (Å²) in [6, 6.07) is 1.78. The fourth-order valence-electron chi connectivity index (χ4n) is 1.04. The van der Waals surface area contributed by atoms with Gasteiger partial charge in [-0.15, -0.1) is 0 Å². The molecule has 1 rings (SSSR count). The Morgan fingerprint density at radius 3 is 2.56 bits per heavy atom. The van der Waals surface area contributed by atoms with Crippen LogP contribution in [0.3, 0.4) is 0 Å². The molecule has 0 amide bonds. The number of nitrogens with zero attached hydrogens (tertiary/aromatic N) is 1. The summed E-state index contributed by atoms with van der Waals surface area (Å²) in [4.78, 5) is 4.03. The number of rotatable bonds is 4. The molecule has 7 heteroatoms. The normalized spacial score (nSPS) is 11.6. The van der Waals surface area contributed by atoms with E-state index in [1.165, 1.54) is 0 Å². The van der Waals surface area contributed by atoms with Crippen LogP contribution in [0.2, 0.25) is 0 Å². The first-order valence-electron chi connectivity index (χ1n) is 4.50. The van der Waals surface area contributed by atoms with Crippen LogP contribution in [-0.2, 0) is 0 Å². The number of hydrogen-bond acceptors (Lipinski definition) is 2. The molecule has 0 saturated heterocycles. The lowest BCUT2D eigenvalue weighted by Crippen LogP contribution is -2.11. The Morgan fingerprint density at radius 1 is 1.31 bits per heavy atom. The highest BCUT2D eigenvalue weighted by Crippen LogP contribution is 2.24. The Balaban J connectivity index is 2.38. The Hall–Kier alpha value is -0.300. The molecule has 0 saturated carbocycles. The molecule has 0 radical (unpaired) electrons. The van der Waals surface area contributed by atoms with Crippen LogP contribution in [0.4, 0.5) is 19.0 Å². The number of halogens is 5. The van der Waals surface area contributed by atoms with Crippen LogP contribution >= 0.6 is 31.9 Å². The summed E-state index contributed by atoms with van der Waals surface area (Å²) >= 11 is 6.50. The van der Waals surface area contributed by atoms with E-state index in [9.17, 15) is 13.2 Å². The minimum absolute atomic E-state index is 0.0354. The first kappa shape index (κ1) is 13.8. The van der Waals surface area contributed by atoms with Crippen molar-refractivity contribution in [1.82, 2.24) is 4.98 Å². The van der Waals surface area contributed by atoms with E-state index >= 15 is 0 Å². The van der Waals surface area contributed by atoms with Gasteiger partial charge in [-0.2, -0.15) is 13.2 Å². The summed E-state index contributed by atoms with van der Waals surface area (Å²) in [5.74, 6) is 0.547. The van der Waals surface area contributed by atoms with Gasteiger partial charge in [0.25, 0.3) is 0 Å². The fourth-order valence-corrected chi connectivity index (χ4v) is 2.17. The number of anilines is 1. The molecular weight excluding hydrogens is 353 g/mol. The zero-order valence-electron chi connectivity index (χ0n) is 8.11. The van der Waals surface area contributed by atoms with Crippen LogP contribution in [0.5, 0.6) is 0 Å². The molecular formula is C9H9Br2F3N2. The van der Waals surface area contributed by atoms with E-state index < -0.39 is 12.6 Å². The summed E-state index contributed by atoms with van der Waals surface area (Å²) < 4.78 is 37.1. The van der Waals surface area contributed by atoms with E-state index in [0.717, 1.165) is 4.47 Å². The van der Waals surface area contributed by atoms with E-state index in [0.29, 0.717) is 10.3 Å². The average Bonchev–Trinajstić information content (AvgIpc) is 2.13. The molecule has 16 heavy (non-hydrogen) atoms. The van der Waals surface area contributed by atoms with E-state index in [-0.39, 0.29) is 13.0 Å². The summed E-state index contributed by atoms with van der Waals surface area (Å²) in [7, 11) is 0. The maximum atomic E-state index is 11.9. The van der Waals surface area contributed by atoms with Gasteiger partial charge in [0.2, 0.25) is 0 Å². The first-order valence-corrected chi connectivity index (χ1v) is 6.09. The zero-order chi connectivity index (χ0) is 12.2. The molecule has 1 heterocycles. The third-order valence-corrected chi connectivity index (χ3v) is 2.78. The summed E-state index contributed by atoms with van der Waals surface area (Å²) in [6.45, 7) is 0.243. The van der Waals surface area contributed by atoms with E-state index in [4.69, 9.17) is 0 Å². The highest BCUT2D eigenvalue weighted by Gasteiger charge is 2.25. The van der Waals surface area contributed by atoms with Crippen molar-refractivity contribution in [2.24, 2.45) is 0 Å². The van der Waals surface area contributed by atoms with Gasteiger partial charge in [0.15, 0.2) is 0 Å². The molecule has 90 valence electrons. The zero-order valence-corrected chi connectivity index (χ0v) is 11.3. The monoisotopic (exact) mass is 360 g/mol. The molecule has 0 aliphatic carbocycles. The second-order valence-electron chi connectivity index (χ2n) is 3.13. The Labute approximate surface area is 108 Å². The molecule has 1 aromatic rings. The summed E-state index contributed by atoms with van der Waals surface area (Å²) in [5.41, 5.74) is 0. The third kappa shape index (κ3) is 5.16. The molecule has 0 atom stereocenters. The summed E-state index contributed by atoms with van der Waals surface area (Å²) in [6.07, 6.45) is -3.26. The van der Waals surface area contributed by atoms with Crippen molar-refractivity contribution in [2.75, 3.05) is 11.9 Å². The van der Waals surface area contributed by atoms with E-state index in [1.54, 1.807) is 12.3 Å². The van der Waals surface area contributed by atoms with Crippen molar-refractivity contribution in [3.05, 3.63) is 21.2 Å². The maximum absolute atomic E-state index is 11.9. The summed E-state index contributed by atoms with van der Waals surface area (Å²) in [5, 5.41) is 2.83. The Kier molecular flexibility index (Phi) is 5.04. The SMILES string of the molecule is FC(F)(F)CCCNc1ncc(Br)cc1Br. The van der Waals surface area contributed by atoms with Crippen molar-refractivity contribution >= 4 is 37.7 Å². The van der Waals surface area contributed by atoms with Crippen LogP contribution in [0.25, 0.3) is 0 Å². The van der Waals surface area contributed by atoms with Crippen LogP contribution in [0.15, 0.2) is 21.2 Å². The van der Waals surface area contributed by atoms with Gasteiger partial charge in [-0.25, -0.2) is 4.98 Å². The molecule has 1 N–H and O–H groups in total. The molecule has 1 aromatic heterocycles. The average molecular weight is 362 g/mol. The van der Waals surface area contributed by atoms with Gasteiger partial charge in [0.1, 0.15) is 5.82 Å². The van der Waals surface area contributed by atoms with Gasteiger partial charge in [-0.1, -0.05) is 0 Å². The van der Waals surface area contributed by atoms with Crippen LogP contribution in [-0.4, -0.2) is 17.7 Å². The number of nitrogens with one attached hydrogen (secondary N) is 1. The van der Waals surface area contributed by atoms with Crippen LogP contribution in [0, 0.1) is 0 Å². The highest BCUT2D eigenvalue weighted by atomic mass is 79.9. The van der Waals surface area contributed by atoms with E-state index in [2.05, 4.69) is 42.2 Å². The minimum Gasteiger partial charge on any atom is -0.369 e. The van der Waals surface area contributed by atoms with Gasteiger partial charge in [0.05, 0.1) is 4.47 Å². The molecule has 0 spiro atoms. The molecule has 0 aliphatic heterocycles. The van der Waals surface area contributed by atoms with Gasteiger partial charge in [-0.05, 0) is 44.3 Å². The van der Waals surface area contributed by atoms with Crippen molar-refractivity contribution < 1.29 is 13.2 Å². The lowest BCUT2D eigenvalue weighted by atomic mass is 10.3. The predicted octanol–water partition coefficient (Wildman–Crippen LogP) is 4.36. The van der Waals surface area contributed by atoms with Gasteiger partial charge < -0.3 is 5.32 Å². The molecule has 2 nitrogen and oxygen atoms in total.